The van der Waals surface area contributed by atoms with Crippen molar-refractivity contribution in [2.45, 2.75) is 19.8 Å². The summed E-state index contributed by atoms with van der Waals surface area (Å²) in [6, 6.07) is 15.5. The minimum absolute atomic E-state index is 0.293. The van der Waals surface area contributed by atoms with Crippen molar-refractivity contribution in [1.29, 1.82) is 0 Å². The fourth-order valence-corrected chi connectivity index (χ4v) is 2.59. The lowest BCUT2D eigenvalue weighted by Gasteiger charge is -2.13. The summed E-state index contributed by atoms with van der Waals surface area (Å²) in [5, 5.41) is 0. The minimum atomic E-state index is -4.17. The molecular formula is C15H17O4P. The maximum absolute atomic E-state index is 11.9. The highest BCUT2D eigenvalue weighted by Gasteiger charge is 2.24. The van der Waals surface area contributed by atoms with E-state index in [4.69, 9.17) is 9.05 Å². The number of hydrogen-bond acceptors (Lipinski definition) is 3. The van der Waals surface area contributed by atoms with Crippen molar-refractivity contribution in [3.63, 3.8) is 0 Å². The third kappa shape index (κ3) is 4.41. The maximum Gasteiger partial charge on any atom is 0.584 e. The summed E-state index contributed by atoms with van der Waals surface area (Å²) < 4.78 is 21.9. The smallest absolute Gasteiger partial charge is 0.395 e. The second-order valence-corrected chi connectivity index (χ2v) is 5.66. The Kier molecular flexibility index (Phi) is 4.83. The van der Waals surface area contributed by atoms with E-state index in [2.05, 4.69) is 6.92 Å². The van der Waals surface area contributed by atoms with Crippen LogP contribution in [0.2, 0.25) is 0 Å². The molecule has 0 aliphatic heterocycles. The van der Waals surface area contributed by atoms with Gasteiger partial charge in [-0.1, -0.05) is 43.7 Å². The zero-order valence-electron chi connectivity index (χ0n) is 11.2. The number of para-hydroxylation sites is 1. The van der Waals surface area contributed by atoms with E-state index < -0.39 is 7.82 Å². The molecule has 1 N–H and O–H groups in total. The molecule has 0 fully saturated rings. The predicted molar refractivity (Wildman–Crippen MR) is 78.0 cm³/mol. The summed E-state index contributed by atoms with van der Waals surface area (Å²) in [5.74, 6) is 0.604. The Morgan fingerprint density at radius 3 is 2.05 bits per heavy atom. The summed E-state index contributed by atoms with van der Waals surface area (Å²) >= 11 is 0. The molecule has 2 rings (SSSR count). The molecule has 0 spiro atoms. The quantitative estimate of drug-likeness (QED) is 0.811. The van der Waals surface area contributed by atoms with Gasteiger partial charge in [-0.2, -0.15) is 0 Å². The molecule has 106 valence electrons. The lowest BCUT2D eigenvalue weighted by Crippen LogP contribution is -1.99. The third-order valence-corrected chi connectivity index (χ3v) is 3.53. The lowest BCUT2D eigenvalue weighted by molar-refractivity contribution is 0.291. The summed E-state index contributed by atoms with van der Waals surface area (Å²) in [7, 11) is -4.17. The van der Waals surface area contributed by atoms with Crippen molar-refractivity contribution in [2.75, 3.05) is 0 Å². The Morgan fingerprint density at radius 1 is 0.950 bits per heavy atom. The molecule has 2 aromatic rings. The highest BCUT2D eigenvalue weighted by Crippen LogP contribution is 2.44. The van der Waals surface area contributed by atoms with Gasteiger partial charge in [0.2, 0.25) is 0 Å². The van der Waals surface area contributed by atoms with Gasteiger partial charge in [0, 0.05) is 0 Å². The maximum atomic E-state index is 11.9. The van der Waals surface area contributed by atoms with E-state index in [0.717, 1.165) is 18.4 Å². The van der Waals surface area contributed by atoms with Gasteiger partial charge in [0.05, 0.1) is 0 Å². The Balaban J connectivity index is 2.02. The molecule has 0 saturated carbocycles. The molecule has 5 heteroatoms. The molecule has 1 atom stereocenters. The van der Waals surface area contributed by atoms with E-state index in [0.29, 0.717) is 11.5 Å². The van der Waals surface area contributed by atoms with Crippen LogP contribution >= 0.6 is 7.82 Å². The van der Waals surface area contributed by atoms with E-state index in [1.807, 2.05) is 12.1 Å². The monoisotopic (exact) mass is 292 g/mol. The second-order valence-electron chi connectivity index (χ2n) is 4.36. The number of hydrogen-bond donors (Lipinski definition) is 1. The summed E-state index contributed by atoms with van der Waals surface area (Å²) in [5.41, 5.74) is 1.16. The molecule has 0 aromatic heterocycles. The summed E-state index contributed by atoms with van der Waals surface area (Å²) in [6.45, 7) is 2.10. The average Bonchev–Trinajstić information content (AvgIpc) is 2.41. The summed E-state index contributed by atoms with van der Waals surface area (Å²) in [6.07, 6.45) is 2.02. The normalized spacial score (nSPS) is 13.5. The topological polar surface area (TPSA) is 55.8 Å². The van der Waals surface area contributed by atoms with Crippen molar-refractivity contribution in [3.8, 4) is 11.5 Å². The number of aryl methyl sites for hydroxylation is 1. The van der Waals surface area contributed by atoms with Gasteiger partial charge in [-0.15, -0.1) is 0 Å². The van der Waals surface area contributed by atoms with Crippen LogP contribution in [0.25, 0.3) is 0 Å². The first-order valence-electron chi connectivity index (χ1n) is 6.45. The van der Waals surface area contributed by atoms with Gasteiger partial charge in [-0.25, -0.2) is 4.57 Å². The minimum Gasteiger partial charge on any atom is -0.395 e. The van der Waals surface area contributed by atoms with Crippen molar-refractivity contribution in [3.05, 3.63) is 60.2 Å². The standard InChI is InChI=1S/C15H17O4P/c1-2-6-13-9-11-15(12-10-13)19-20(16,17)18-14-7-4-3-5-8-14/h3-5,7-12H,2,6H2,1H3,(H,16,17). The fraction of sp³-hybridized carbons (Fsp3) is 0.200. The first-order chi connectivity index (χ1) is 9.59. The molecule has 1 unspecified atom stereocenters. The summed E-state index contributed by atoms with van der Waals surface area (Å²) in [4.78, 5) is 9.71. The molecule has 0 bridgehead atoms. The van der Waals surface area contributed by atoms with Crippen molar-refractivity contribution >= 4 is 7.82 Å². The van der Waals surface area contributed by atoms with Gasteiger partial charge >= 0.3 is 7.82 Å². The van der Waals surface area contributed by atoms with E-state index in [1.165, 1.54) is 0 Å². The van der Waals surface area contributed by atoms with Crippen LogP contribution in [0, 0.1) is 0 Å². The first kappa shape index (κ1) is 14.6. The van der Waals surface area contributed by atoms with E-state index in [1.54, 1.807) is 42.5 Å². The van der Waals surface area contributed by atoms with Crippen LogP contribution in [0.5, 0.6) is 11.5 Å². The Labute approximate surface area is 118 Å². The molecule has 4 nitrogen and oxygen atoms in total. The molecule has 2 aromatic carbocycles. The molecule has 0 aliphatic rings. The largest absolute Gasteiger partial charge is 0.584 e. The Hall–Kier alpha value is -1.77. The van der Waals surface area contributed by atoms with Crippen LogP contribution in [0.4, 0.5) is 0 Å². The first-order valence-corrected chi connectivity index (χ1v) is 7.94. The molecule has 0 saturated heterocycles. The SMILES string of the molecule is CCCc1ccc(OP(=O)(O)Oc2ccccc2)cc1. The van der Waals surface area contributed by atoms with E-state index in [-0.39, 0.29) is 0 Å². The van der Waals surface area contributed by atoms with Gasteiger partial charge in [0.15, 0.2) is 0 Å². The van der Waals surface area contributed by atoms with Gasteiger partial charge in [0.25, 0.3) is 0 Å². The van der Waals surface area contributed by atoms with Crippen LogP contribution in [-0.4, -0.2) is 4.89 Å². The molecule has 0 radical (unpaired) electrons. The highest BCUT2D eigenvalue weighted by molar-refractivity contribution is 7.48. The zero-order valence-corrected chi connectivity index (χ0v) is 12.1. The zero-order chi connectivity index (χ0) is 14.4. The third-order valence-electron chi connectivity index (χ3n) is 2.65. The van der Waals surface area contributed by atoms with Crippen LogP contribution in [0.3, 0.4) is 0 Å². The predicted octanol–water partition coefficient (Wildman–Crippen LogP) is 4.20. The van der Waals surface area contributed by atoms with Gasteiger partial charge in [-0.3, -0.25) is 4.89 Å². The fourth-order valence-electron chi connectivity index (χ4n) is 1.77. The Morgan fingerprint density at radius 2 is 1.50 bits per heavy atom. The molecule has 0 amide bonds. The van der Waals surface area contributed by atoms with Crippen molar-refractivity contribution in [1.82, 2.24) is 0 Å². The van der Waals surface area contributed by atoms with Crippen LogP contribution in [-0.2, 0) is 11.0 Å². The van der Waals surface area contributed by atoms with Crippen LogP contribution in [0.15, 0.2) is 54.6 Å². The van der Waals surface area contributed by atoms with Crippen molar-refractivity contribution in [2.24, 2.45) is 0 Å². The van der Waals surface area contributed by atoms with Gasteiger partial charge < -0.3 is 9.05 Å². The number of phosphoric ester groups is 1. The highest BCUT2D eigenvalue weighted by atomic mass is 31.2. The second kappa shape index (κ2) is 6.60. The number of phosphoric acid groups is 1. The van der Waals surface area contributed by atoms with Crippen LogP contribution in [0.1, 0.15) is 18.9 Å². The van der Waals surface area contributed by atoms with Gasteiger partial charge in [-0.05, 0) is 36.2 Å². The lowest BCUT2D eigenvalue weighted by atomic mass is 10.1. The van der Waals surface area contributed by atoms with E-state index in [9.17, 15) is 9.46 Å². The number of rotatable bonds is 6. The molecule has 0 heterocycles. The van der Waals surface area contributed by atoms with E-state index >= 15 is 0 Å². The molecular weight excluding hydrogens is 275 g/mol. The van der Waals surface area contributed by atoms with Gasteiger partial charge in [0.1, 0.15) is 11.5 Å². The average molecular weight is 292 g/mol. The molecule has 20 heavy (non-hydrogen) atoms. The van der Waals surface area contributed by atoms with Crippen LogP contribution < -0.4 is 9.05 Å². The van der Waals surface area contributed by atoms with Crippen molar-refractivity contribution < 1.29 is 18.5 Å². The Bertz CT molecular complexity index is 581. The number of benzene rings is 2. The molecule has 0 aliphatic carbocycles.